The fourth-order valence-electron chi connectivity index (χ4n) is 0.540. The van der Waals surface area contributed by atoms with Gasteiger partial charge < -0.3 is 4.43 Å². The van der Waals surface area contributed by atoms with Crippen LogP contribution < -0.4 is 0 Å². The summed E-state index contributed by atoms with van der Waals surface area (Å²) in [5.74, 6) is 0. The van der Waals surface area contributed by atoms with E-state index in [1.165, 1.54) is 0 Å². The predicted octanol–water partition coefficient (Wildman–Crippen LogP) is 3.83. The number of hydrogen-bond acceptors (Lipinski definition) is 1. The molecule has 0 saturated carbocycles. The molecule has 0 bridgehead atoms. The summed E-state index contributed by atoms with van der Waals surface area (Å²) in [6.07, 6.45) is 0. The van der Waals surface area contributed by atoms with E-state index in [1.807, 2.05) is 0 Å². The average Bonchev–Trinajstić information content (AvgIpc) is 1.81. The lowest BCUT2D eigenvalue weighted by atomic mass is 10.2. The van der Waals surface area contributed by atoms with E-state index in [1.54, 1.807) is 0 Å². The minimum Gasteiger partial charge on any atom is -0.416 e. The molecule has 0 rings (SSSR count). The molecule has 12 heavy (non-hydrogen) atoms. The van der Waals surface area contributed by atoms with Crippen LogP contribution in [-0.4, -0.2) is 18.8 Å². The summed E-state index contributed by atoms with van der Waals surface area (Å²) in [6, 6.07) is 0. The number of rotatable bonds is 3. The van der Waals surface area contributed by atoms with Gasteiger partial charge in [-0.05, 0) is 18.1 Å². The Morgan fingerprint density at radius 2 is 1.75 bits per heavy atom. The van der Waals surface area contributed by atoms with E-state index in [4.69, 9.17) is 4.43 Å². The largest absolute Gasteiger partial charge is 0.416 e. The molecule has 0 spiro atoms. The third kappa shape index (κ3) is 4.23. The number of halogens is 1. The molecule has 0 aromatic carbocycles. The lowest BCUT2D eigenvalue weighted by molar-refractivity contribution is 0.296. The van der Waals surface area contributed by atoms with Crippen molar-refractivity contribution in [2.45, 2.75) is 49.8 Å². The van der Waals surface area contributed by atoms with Gasteiger partial charge >= 0.3 is 0 Å². The minimum atomic E-state index is -1.47. The van der Waals surface area contributed by atoms with Crippen molar-refractivity contribution in [3.63, 3.8) is 0 Å². The Morgan fingerprint density at radius 3 is 2.00 bits per heavy atom. The van der Waals surface area contributed by atoms with E-state index in [0.717, 1.165) is 6.61 Å². The van der Waals surface area contributed by atoms with Gasteiger partial charge in [-0.25, -0.2) is 0 Å². The Bertz CT molecular complexity index is 138. The molecule has 74 valence electrons. The molecule has 0 heterocycles. The van der Waals surface area contributed by atoms with Crippen LogP contribution in [0.25, 0.3) is 0 Å². The van der Waals surface area contributed by atoms with Gasteiger partial charge in [0.1, 0.15) is 0 Å². The van der Waals surface area contributed by atoms with Gasteiger partial charge in [0, 0.05) is 10.5 Å². The first-order valence-corrected chi connectivity index (χ1v) is 8.60. The second kappa shape index (κ2) is 4.42. The van der Waals surface area contributed by atoms with E-state index in [2.05, 4.69) is 63.4 Å². The van der Waals surface area contributed by atoms with Crippen molar-refractivity contribution in [2.75, 3.05) is 6.61 Å². The molecule has 0 aliphatic heterocycles. The van der Waals surface area contributed by atoms with Gasteiger partial charge in [0.05, 0.1) is 0 Å². The van der Waals surface area contributed by atoms with Gasteiger partial charge in [0.25, 0.3) is 0 Å². The van der Waals surface area contributed by atoms with Crippen LogP contribution in [0.15, 0.2) is 0 Å². The van der Waals surface area contributed by atoms with E-state index in [-0.39, 0.29) is 0 Å². The SMILES string of the molecule is CC(I)CO[Si](C)(C)C(C)(C)C. The third-order valence-corrected chi connectivity index (χ3v) is 7.34. The smallest absolute Gasteiger partial charge is 0.192 e. The van der Waals surface area contributed by atoms with Gasteiger partial charge in [0.2, 0.25) is 0 Å². The summed E-state index contributed by atoms with van der Waals surface area (Å²) in [5.41, 5.74) is 0. The summed E-state index contributed by atoms with van der Waals surface area (Å²) in [6.45, 7) is 14.5. The van der Waals surface area contributed by atoms with Gasteiger partial charge in [-0.1, -0.05) is 50.3 Å². The predicted molar refractivity (Wildman–Crippen MR) is 66.6 cm³/mol. The second-order valence-corrected chi connectivity index (χ2v) is 11.8. The highest BCUT2D eigenvalue weighted by Gasteiger charge is 2.37. The van der Waals surface area contributed by atoms with Crippen LogP contribution in [0.3, 0.4) is 0 Å². The van der Waals surface area contributed by atoms with E-state index in [9.17, 15) is 0 Å². The van der Waals surface area contributed by atoms with Crippen LogP contribution in [0.1, 0.15) is 27.7 Å². The van der Waals surface area contributed by atoms with Gasteiger partial charge in [-0.2, -0.15) is 0 Å². The van der Waals surface area contributed by atoms with Crippen LogP contribution in [0.2, 0.25) is 18.1 Å². The molecule has 0 aromatic heterocycles. The quantitative estimate of drug-likeness (QED) is 0.437. The zero-order chi connectivity index (χ0) is 9.99. The van der Waals surface area contributed by atoms with Crippen molar-refractivity contribution < 1.29 is 4.43 Å². The van der Waals surface area contributed by atoms with E-state index >= 15 is 0 Å². The Hall–Kier alpha value is 0.907. The molecule has 0 aromatic rings. The van der Waals surface area contributed by atoms with Crippen molar-refractivity contribution >= 4 is 30.9 Å². The fourth-order valence-corrected chi connectivity index (χ4v) is 2.16. The second-order valence-electron chi connectivity index (χ2n) is 4.85. The highest BCUT2D eigenvalue weighted by atomic mass is 127. The summed E-state index contributed by atoms with van der Waals surface area (Å²) in [7, 11) is -1.47. The molecule has 3 heteroatoms. The highest BCUT2D eigenvalue weighted by Crippen LogP contribution is 2.36. The van der Waals surface area contributed by atoms with Crippen molar-refractivity contribution in [3.8, 4) is 0 Å². The first-order valence-electron chi connectivity index (χ1n) is 4.45. The Morgan fingerprint density at radius 1 is 1.33 bits per heavy atom. The first-order chi connectivity index (χ1) is 5.17. The molecule has 1 atom stereocenters. The van der Waals surface area contributed by atoms with E-state index in [0.29, 0.717) is 8.96 Å². The lowest BCUT2D eigenvalue weighted by Gasteiger charge is -2.36. The Labute approximate surface area is 91.5 Å². The van der Waals surface area contributed by atoms with E-state index < -0.39 is 8.32 Å². The van der Waals surface area contributed by atoms with Crippen LogP contribution in [0.5, 0.6) is 0 Å². The molecule has 0 amide bonds. The van der Waals surface area contributed by atoms with Crippen LogP contribution in [-0.2, 0) is 4.43 Å². The molecule has 1 nitrogen and oxygen atoms in total. The first kappa shape index (κ1) is 12.9. The zero-order valence-electron chi connectivity index (χ0n) is 9.07. The maximum Gasteiger partial charge on any atom is 0.192 e. The average molecular weight is 300 g/mol. The fraction of sp³-hybridized carbons (Fsp3) is 1.00. The monoisotopic (exact) mass is 300 g/mol. The van der Waals surface area contributed by atoms with Crippen molar-refractivity contribution in [2.24, 2.45) is 0 Å². The standard InChI is InChI=1S/C9H21IOSi/c1-8(10)7-11-12(5,6)9(2,3)4/h8H,7H2,1-6H3. The Balaban J connectivity index is 4.05. The molecule has 0 fully saturated rings. The van der Waals surface area contributed by atoms with Crippen molar-refractivity contribution in [3.05, 3.63) is 0 Å². The maximum absolute atomic E-state index is 5.99. The van der Waals surface area contributed by atoms with Gasteiger partial charge in [-0.3, -0.25) is 0 Å². The Kier molecular flexibility index (Phi) is 4.75. The summed E-state index contributed by atoms with van der Waals surface area (Å²) in [5, 5.41) is 0.346. The summed E-state index contributed by atoms with van der Waals surface area (Å²) >= 11 is 2.41. The van der Waals surface area contributed by atoms with Crippen LogP contribution >= 0.6 is 22.6 Å². The highest BCUT2D eigenvalue weighted by molar-refractivity contribution is 14.1. The molecule has 1 unspecified atom stereocenters. The van der Waals surface area contributed by atoms with Crippen LogP contribution in [0.4, 0.5) is 0 Å². The van der Waals surface area contributed by atoms with Crippen LogP contribution in [0, 0.1) is 0 Å². The molecule has 0 saturated heterocycles. The third-order valence-electron chi connectivity index (χ3n) is 2.48. The summed E-state index contributed by atoms with van der Waals surface area (Å²) in [4.78, 5) is 0. The van der Waals surface area contributed by atoms with Crippen molar-refractivity contribution in [1.29, 1.82) is 0 Å². The molecule has 0 radical (unpaired) electrons. The van der Waals surface area contributed by atoms with Gasteiger partial charge in [0.15, 0.2) is 8.32 Å². The topological polar surface area (TPSA) is 9.23 Å². The number of alkyl halides is 1. The maximum atomic E-state index is 5.99. The molecule has 0 N–H and O–H groups in total. The minimum absolute atomic E-state index is 0.346. The zero-order valence-corrected chi connectivity index (χ0v) is 12.2. The van der Waals surface area contributed by atoms with Crippen molar-refractivity contribution in [1.82, 2.24) is 0 Å². The van der Waals surface area contributed by atoms with Gasteiger partial charge in [-0.15, -0.1) is 0 Å². The molecular weight excluding hydrogens is 279 g/mol. The molecule has 0 aliphatic rings. The molecular formula is C9H21IOSi. The number of hydrogen-bond donors (Lipinski definition) is 0. The lowest BCUT2D eigenvalue weighted by Crippen LogP contribution is -2.41. The summed E-state index contributed by atoms with van der Waals surface area (Å²) < 4.78 is 6.61. The molecule has 0 aliphatic carbocycles. The normalized spacial score (nSPS) is 16.2.